The summed E-state index contributed by atoms with van der Waals surface area (Å²) in [4.78, 5) is 25.3. The van der Waals surface area contributed by atoms with E-state index in [1.165, 1.54) is 0 Å². The van der Waals surface area contributed by atoms with Crippen LogP contribution in [0.5, 0.6) is 0 Å². The van der Waals surface area contributed by atoms with Gasteiger partial charge in [-0.25, -0.2) is 0 Å². The largest absolute Gasteiger partial charge is 0.466 e. The van der Waals surface area contributed by atoms with Crippen LogP contribution in [0.3, 0.4) is 0 Å². The van der Waals surface area contributed by atoms with Crippen molar-refractivity contribution in [1.82, 2.24) is 4.90 Å². The number of hydrogen-bond donors (Lipinski definition) is 0. The van der Waals surface area contributed by atoms with Gasteiger partial charge in [-0.1, -0.05) is 19.8 Å². The number of esters is 1. The van der Waals surface area contributed by atoms with Gasteiger partial charge in [0.2, 0.25) is 5.91 Å². The fourth-order valence-corrected chi connectivity index (χ4v) is 2.31. The summed E-state index contributed by atoms with van der Waals surface area (Å²) < 4.78 is 5.01. The van der Waals surface area contributed by atoms with E-state index in [2.05, 4.69) is 6.92 Å². The highest BCUT2D eigenvalue weighted by atomic mass is 16.5. The first-order valence-electron chi connectivity index (χ1n) is 7.13. The number of amides is 1. The zero-order chi connectivity index (χ0) is 13.4. The Morgan fingerprint density at radius 1 is 1.17 bits per heavy atom. The first-order valence-corrected chi connectivity index (χ1v) is 7.13. The molecule has 1 aliphatic heterocycles. The first-order chi connectivity index (χ1) is 8.69. The molecule has 1 amide bonds. The zero-order valence-electron chi connectivity index (χ0n) is 11.6. The molecule has 1 saturated heterocycles. The van der Waals surface area contributed by atoms with Gasteiger partial charge in [0.25, 0.3) is 0 Å². The lowest BCUT2D eigenvalue weighted by Crippen LogP contribution is -2.40. The Hall–Kier alpha value is -1.06. The lowest BCUT2D eigenvalue weighted by atomic mass is 9.96. The van der Waals surface area contributed by atoms with Crippen molar-refractivity contribution in [3.63, 3.8) is 0 Å². The van der Waals surface area contributed by atoms with Crippen LogP contribution >= 0.6 is 0 Å². The maximum absolute atomic E-state index is 11.9. The third-order valence-electron chi connectivity index (χ3n) is 3.46. The van der Waals surface area contributed by atoms with Gasteiger partial charge in [-0.3, -0.25) is 9.59 Å². The van der Waals surface area contributed by atoms with Crippen LogP contribution in [-0.2, 0) is 14.3 Å². The van der Waals surface area contributed by atoms with Crippen molar-refractivity contribution < 1.29 is 14.3 Å². The quantitative estimate of drug-likeness (QED) is 0.540. The summed E-state index contributed by atoms with van der Waals surface area (Å²) in [6.07, 6.45) is 5.38. The minimum absolute atomic E-state index is 0.00959. The molecule has 0 atom stereocenters. The monoisotopic (exact) mass is 255 g/mol. The molecule has 1 heterocycles. The van der Waals surface area contributed by atoms with E-state index in [4.69, 9.17) is 4.74 Å². The summed E-state index contributed by atoms with van der Waals surface area (Å²) >= 11 is 0. The average Bonchev–Trinajstić information content (AvgIpc) is 2.39. The Kier molecular flexibility index (Phi) is 6.76. The number of ether oxygens (including phenoxy) is 1. The molecular formula is C14H25NO3. The van der Waals surface area contributed by atoms with E-state index in [-0.39, 0.29) is 17.8 Å². The molecule has 0 aromatic carbocycles. The van der Waals surface area contributed by atoms with E-state index in [0.717, 1.165) is 32.1 Å². The van der Waals surface area contributed by atoms with E-state index >= 15 is 0 Å². The summed E-state index contributed by atoms with van der Waals surface area (Å²) in [7, 11) is 0. The molecule has 1 fully saturated rings. The van der Waals surface area contributed by atoms with Gasteiger partial charge in [0, 0.05) is 19.5 Å². The second-order valence-electron chi connectivity index (χ2n) is 4.86. The molecule has 0 aromatic rings. The predicted molar refractivity (Wildman–Crippen MR) is 70.1 cm³/mol. The van der Waals surface area contributed by atoms with Crippen LogP contribution in [0.15, 0.2) is 0 Å². The van der Waals surface area contributed by atoms with E-state index in [1.54, 1.807) is 0 Å². The Morgan fingerprint density at radius 3 is 2.39 bits per heavy atom. The fraction of sp³-hybridized carbons (Fsp3) is 0.857. The highest BCUT2D eigenvalue weighted by molar-refractivity contribution is 5.77. The van der Waals surface area contributed by atoms with Crippen LogP contribution in [0.2, 0.25) is 0 Å². The lowest BCUT2D eigenvalue weighted by molar-refractivity contribution is -0.151. The van der Waals surface area contributed by atoms with E-state index in [1.807, 2.05) is 11.8 Å². The summed E-state index contributed by atoms with van der Waals surface area (Å²) in [5.74, 6) is 0.131. The highest BCUT2D eigenvalue weighted by Crippen LogP contribution is 2.19. The van der Waals surface area contributed by atoms with Crippen molar-refractivity contribution in [2.45, 2.75) is 52.4 Å². The van der Waals surface area contributed by atoms with Crippen LogP contribution in [0.1, 0.15) is 52.4 Å². The van der Waals surface area contributed by atoms with Crippen molar-refractivity contribution >= 4 is 11.9 Å². The van der Waals surface area contributed by atoms with Gasteiger partial charge in [-0.2, -0.15) is 0 Å². The Morgan fingerprint density at radius 2 is 1.83 bits per heavy atom. The van der Waals surface area contributed by atoms with Gasteiger partial charge in [-0.05, 0) is 26.2 Å². The second kappa shape index (κ2) is 8.11. The highest BCUT2D eigenvalue weighted by Gasteiger charge is 2.27. The minimum atomic E-state index is -0.101. The van der Waals surface area contributed by atoms with E-state index in [0.29, 0.717) is 26.1 Å². The summed E-state index contributed by atoms with van der Waals surface area (Å²) in [5, 5.41) is 0. The summed E-state index contributed by atoms with van der Waals surface area (Å²) in [6.45, 7) is 5.80. The van der Waals surface area contributed by atoms with Crippen LogP contribution < -0.4 is 0 Å². The number of piperidine rings is 1. The average molecular weight is 255 g/mol. The molecule has 0 unspecified atom stereocenters. The molecule has 1 rings (SSSR count). The molecule has 4 nitrogen and oxygen atoms in total. The van der Waals surface area contributed by atoms with Crippen molar-refractivity contribution in [3.05, 3.63) is 0 Å². The number of unbranched alkanes of at least 4 members (excludes halogenated alkanes) is 2. The number of nitrogens with zero attached hydrogens (tertiary/aromatic N) is 1. The van der Waals surface area contributed by atoms with Gasteiger partial charge in [0.1, 0.15) is 0 Å². The maximum Gasteiger partial charge on any atom is 0.309 e. The molecule has 0 aromatic heterocycles. The normalized spacial score (nSPS) is 16.7. The summed E-state index contributed by atoms with van der Waals surface area (Å²) in [5.41, 5.74) is 0. The number of carbonyl (C=O) groups excluding carboxylic acids is 2. The molecule has 0 bridgehead atoms. The van der Waals surface area contributed by atoms with E-state index in [9.17, 15) is 9.59 Å². The Bertz CT molecular complexity index is 270. The topological polar surface area (TPSA) is 46.6 Å². The summed E-state index contributed by atoms with van der Waals surface area (Å²) in [6, 6.07) is 0. The molecule has 4 heteroatoms. The molecule has 0 spiro atoms. The number of rotatable bonds is 6. The molecule has 18 heavy (non-hydrogen) atoms. The van der Waals surface area contributed by atoms with Crippen LogP contribution in [0, 0.1) is 5.92 Å². The zero-order valence-corrected chi connectivity index (χ0v) is 11.6. The minimum Gasteiger partial charge on any atom is -0.466 e. The Labute approximate surface area is 110 Å². The number of likely N-dealkylation sites (tertiary alicyclic amines) is 1. The number of hydrogen-bond acceptors (Lipinski definition) is 3. The number of carbonyl (C=O) groups is 2. The standard InChI is InChI=1S/C14H25NO3/c1-3-5-6-7-13(16)15-10-8-12(9-11-15)14(17)18-4-2/h12H,3-11H2,1-2H3. The third kappa shape index (κ3) is 4.67. The van der Waals surface area contributed by atoms with Crippen molar-refractivity contribution in [1.29, 1.82) is 0 Å². The molecule has 0 saturated carbocycles. The van der Waals surface area contributed by atoms with Crippen molar-refractivity contribution in [2.75, 3.05) is 19.7 Å². The third-order valence-corrected chi connectivity index (χ3v) is 3.46. The molecule has 0 radical (unpaired) electrons. The first kappa shape index (κ1) is 15.0. The molecule has 1 aliphatic rings. The van der Waals surface area contributed by atoms with Crippen molar-refractivity contribution in [2.24, 2.45) is 5.92 Å². The molecule has 104 valence electrons. The van der Waals surface area contributed by atoms with Gasteiger partial charge in [-0.15, -0.1) is 0 Å². The van der Waals surface area contributed by atoms with Gasteiger partial charge in [0.15, 0.2) is 0 Å². The molecule has 0 N–H and O–H groups in total. The lowest BCUT2D eigenvalue weighted by Gasteiger charge is -2.31. The maximum atomic E-state index is 11.9. The Balaban J connectivity index is 2.26. The second-order valence-corrected chi connectivity index (χ2v) is 4.86. The van der Waals surface area contributed by atoms with Crippen LogP contribution in [0.25, 0.3) is 0 Å². The smallest absolute Gasteiger partial charge is 0.309 e. The van der Waals surface area contributed by atoms with Crippen LogP contribution in [-0.4, -0.2) is 36.5 Å². The van der Waals surface area contributed by atoms with Crippen LogP contribution in [0.4, 0.5) is 0 Å². The SMILES string of the molecule is CCCCCC(=O)N1CCC(C(=O)OCC)CC1. The van der Waals surface area contributed by atoms with E-state index < -0.39 is 0 Å². The van der Waals surface area contributed by atoms with Gasteiger partial charge < -0.3 is 9.64 Å². The molecular weight excluding hydrogens is 230 g/mol. The predicted octanol–water partition coefficient (Wildman–Crippen LogP) is 2.37. The van der Waals surface area contributed by atoms with Gasteiger partial charge >= 0.3 is 5.97 Å². The van der Waals surface area contributed by atoms with Gasteiger partial charge in [0.05, 0.1) is 12.5 Å². The molecule has 0 aliphatic carbocycles. The van der Waals surface area contributed by atoms with Crippen molar-refractivity contribution in [3.8, 4) is 0 Å². The fourth-order valence-electron chi connectivity index (χ4n) is 2.31.